The van der Waals surface area contributed by atoms with Gasteiger partial charge in [0, 0.05) is 50.0 Å². The Morgan fingerprint density at radius 1 is 1.04 bits per heavy atom. The van der Waals surface area contributed by atoms with Crippen LogP contribution in [0.2, 0.25) is 0 Å². The maximum atomic E-state index is 12.5. The first-order chi connectivity index (χ1) is 13.2. The number of hydrogen-bond donors (Lipinski definition) is 1. The second kappa shape index (κ2) is 8.17. The maximum Gasteiger partial charge on any atom is 0.227 e. The van der Waals surface area contributed by atoms with Crippen LogP contribution in [0.5, 0.6) is 0 Å². The molecule has 1 N–H and O–H groups in total. The summed E-state index contributed by atoms with van der Waals surface area (Å²) in [7, 11) is 0. The van der Waals surface area contributed by atoms with Gasteiger partial charge in [-0.25, -0.2) is 4.98 Å². The molecule has 1 aliphatic rings. The van der Waals surface area contributed by atoms with Crippen LogP contribution >= 0.6 is 0 Å². The van der Waals surface area contributed by atoms with Crippen LogP contribution in [0.3, 0.4) is 0 Å². The van der Waals surface area contributed by atoms with Gasteiger partial charge in [-0.1, -0.05) is 38.5 Å². The minimum absolute atomic E-state index is 0.0183. The summed E-state index contributed by atoms with van der Waals surface area (Å²) in [5, 5.41) is 3.36. The van der Waals surface area contributed by atoms with Crippen molar-refractivity contribution in [2.45, 2.75) is 41.0 Å². The number of piperazine rings is 1. The molecule has 6 nitrogen and oxygen atoms in total. The Kier molecular flexibility index (Phi) is 5.87. The second-order valence-electron chi connectivity index (χ2n) is 8.79. The Hall–Kier alpha value is -2.63. The summed E-state index contributed by atoms with van der Waals surface area (Å²) in [5.41, 5.74) is 3.17. The molecule has 1 aromatic carbocycles. The molecule has 2 heterocycles. The third-order valence-electron chi connectivity index (χ3n) is 4.76. The quantitative estimate of drug-likeness (QED) is 0.870. The summed E-state index contributed by atoms with van der Waals surface area (Å²) in [6.07, 6.45) is 0.582. The number of anilines is 3. The van der Waals surface area contributed by atoms with Crippen molar-refractivity contribution < 1.29 is 4.79 Å². The number of nitrogens with zero attached hydrogens (tertiary/aromatic N) is 4. The van der Waals surface area contributed by atoms with E-state index in [0.717, 1.165) is 36.2 Å². The first-order valence-corrected chi connectivity index (χ1v) is 9.92. The molecule has 0 atom stereocenters. The molecule has 1 fully saturated rings. The van der Waals surface area contributed by atoms with Crippen molar-refractivity contribution in [2.24, 2.45) is 5.41 Å². The molecular formula is C22H31N5O. The molecule has 3 rings (SSSR count). The van der Waals surface area contributed by atoms with E-state index < -0.39 is 0 Å². The van der Waals surface area contributed by atoms with Gasteiger partial charge in [-0.3, -0.25) is 4.79 Å². The Morgan fingerprint density at radius 3 is 2.29 bits per heavy atom. The number of amides is 1. The van der Waals surface area contributed by atoms with Crippen molar-refractivity contribution in [3.05, 3.63) is 41.6 Å². The summed E-state index contributed by atoms with van der Waals surface area (Å²) >= 11 is 0. The monoisotopic (exact) mass is 381 g/mol. The zero-order valence-corrected chi connectivity index (χ0v) is 17.6. The minimum atomic E-state index is 0.0183. The number of rotatable bonds is 4. The molecular weight excluding hydrogens is 350 g/mol. The Morgan fingerprint density at radius 2 is 1.68 bits per heavy atom. The fourth-order valence-electron chi connectivity index (χ4n) is 3.26. The Bertz CT molecular complexity index is 818. The SMILES string of the molecule is Cc1ccc(Nc2cc(C)nc(N3CCN(C(=O)CC(C)(C)C)CC3)n2)cc1. The van der Waals surface area contributed by atoms with Crippen LogP contribution in [-0.4, -0.2) is 47.0 Å². The zero-order chi connectivity index (χ0) is 20.3. The zero-order valence-electron chi connectivity index (χ0n) is 17.6. The van der Waals surface area contributed by atoms with E-state index in [9.17, 15) is 4.79 Å². The Balaban J connectivity index is 1.65. The fourth-order valence-corrected chi connectivity index (χ4v) is 3.26. The summed E-state index contributed by atoms with van der Waals surface area (Å²) in [4.78, 5) is 25.9. The first kappa shape index (κ1) is 20.1. The van der Waals surface area contributed by atoms with Gasteiger partial charge in [-0.2, -0.15) is 4.98 Å². The molecule has 0 bridgehead atoms. The summed E-state index contributed by atoms with van der Waals surface area (Å²) in [6.45, 7) is 13.3. The Labute approximate surface area is 168 Å². The third-order valence-corrected chi connectivity index (χ3v) is 4.76. The van der Waals surface area contributed by atoms with Gasteiger partial charge in [-0.05, 0) is 31.4 Å². The van der Waals surface area contributed by atoms with E-state index in [1.165, 1.54) is 5.56 Å². The molecule has 0 unspecified atom stereocenters. The van der Waals surface area contributed by atoms with Crippen molar-refractivity contribution in [1.82, 2.24) is 14.9 Å². The van der Waals surface area contributed by atoms with Gasteiger partial charge in [0.2, 0.25) is 11.9 Å². The molecule has 0 aliphatic carbocycles. The molecule has 1 saturated heterocycles. The predicted octanol–water partition coefficient (Wildman–Crippen LogP) is 3.92. The smallest absolute Gasteiger partial charge is 0.227 e. The highest BCUT2D eigenvalue weighted by Crippen LogP contribution is 2.22. The van der Waals surface area contributed by atoms with E-state index in [-0.39, 0.29) is 11.3 Å². The number of carbonyl (C=O) groups is 1. The van der Waals surface area contributed by atoms with Crippen molar-refractivity contribution in [3.8, 4) is 0 Å². The number of aromatic nitrogens is 2. The molecule has 0 spiro atoms. The summed E-state index contributed by atoms with van der Waals surface area (Å²) in [5.74, 6) is 1.74. The number of benzene rings is 1. The lowest BCUT2D eigenvalue weighted by atomic mass is 9.91. The van der Waals surface area contributed by atoms with Crippen molar-refractivity contribution in [1.29, 1.82) is 0 Å². The fraction of sp³-hybridized carbons (Fsp3) is 0.500. The van der Waals surface area contributed by atoms with Gasteiger partial charge in [0.05, 0.1) is 0 Å². The normalized spacial score (nSPS) is 14.9. The van der Waals surface area contributed by atoms with E-state index in [0.29, 0.717) is 19.5 Å². The highest BCUT2D eigenvalue weighted by Gasteiger charge is 2.26. The molecule has 0 radical (unpaired) electrons. The lowest BCUT2D eigenvalue weighted by Crippen LogP contribution is -2.49. The average Bonchev–Trinajstić information content (AvgIpc) is 2.62. The van der Waals surface area contributed by atoms with Crippen LogP contribution in [0.25, 0.3) is 0 Å². The van der Waals surface area contributed by atoms with E-state index in [1.807, 2.05) is 30.0 Å². The number of carbonyl (C=O) groups excluding carboxylic acids is 1. The summed E-state index contributed by atoms with van der Waals surface area (Å²) in [6, 6.07) is 10.2. The van der Waals surface area contributed by atoms with Crippen LogP contribution in [0.15, 0.2) is 30.3 Å². The van der Waals surface area contributed by atoms with Crippen molar-refractivity contribution in [2.75, 3.05) is 36.4 Å². The predicted molar refractivity (Wildman–Crippen MR) is 114 cm³/mol. The molecule has 150 valence electrons. The summed E-state index contributed by atoms with van der Waals surface area (Å²) < 4.78 is 0. The lowest BCUT2D eigenvalue weighted by Gasteiger charge is -2.36. The van der Waals surface area contributed by atoms with Gasteiger partial charge in [0.15, 0.2) is 0 Å². The first-order valence-electron chi connectivity index (χ1n) is 9.92. The van der Waals surface area contributed by atoms with Crippen LogP contribution in [0.4, 0.5) is 17.5 Å². The van der Waals surface area contributed by atoms with Crippen LogP contribution in [0, 0.1) is 19.3 Å². The molecule has 1 aromatic heterocycles. The van der Waals surface area contributed by atoms with Gasteiger partial charge in [-0.15, -0.1) is 0 Å². The van der Waals surface area contributed by atoms with Crippen LogP contribution in [0.1, 0.15) is 38.4 Å². The topological polar surface area (TPSA) is 61.4 Å². The number of nitrogens with one attached hydrogen (secondary N) is 1. The largest absolute Gasteiger partial charge is 0.340 e. The van der Waals surface area contributed by atoms with Gasteiger partial charge >= 0.3 is 0 Å². The van der Waals surface area contributed by atoms with Crippen LogP contribution < -0.4 is 10.2 Å². The van der Waals surface area contributed by atoms with Gasteiger partial charge in [0.25, 0.3) is 0 Å². The average molecular weight is 382 g/mol. The number of hydrogen-bond acceptors (Lipinski definition) is 5. The molecule has 1 aliphatic heterocycles. The van der Waals surface area contributed by atoms with Crippen molar-refractivity contribution in [3.63, 3.8) is 0 Å². The van der Waals surface area contributed by atoms with Crippen LogP contribution in [-0.2, 0) is 4.79 Å². The van der Waals surface area contributed by atoms with E-state index in [2.05, 4.69) is 55.0 Å². The molecule has 28 heavy (non-hydrogen) atoms. The molecule has 6 heteroatoms. The van der Waals surface area contributed by atoms with E-state index in [1.54, 1.807) is 0 Å². The van der Waals surface area contributed by atoms with Gasteiger partial charge in [0.1, 0.15) is 5.82 Å². The van der Waals surface area contributed by atoms with Gasteiger partial charge < -0.3 is 15.1 Å². The molecule has 2 aromatic rings. The van der Waals surface area contributed by atoms with E-state index >= 15 is 0 Å². The standard InChI is InChI=1S/C22H31N5O/c1-16-6-8-18(9-7-16)24-19-14-17(2)23-21(25-19)27-12-10-26(11-13-27)20(28)15-22(3,4)5/h6-9,14H,10-13,15H2,1-5H3,(H,23,24,25). The van der Waals surface area contributed by atoms with E-state index in [4.69, 9.17) is 4.98 Å². The number of aryl methyl sites for hydroxylation is 2. The molecule has 0 saturated carbocycles. The highest BCUT2D eigenvalue weighted by atomic mass is 16.2. The third kappa shape index (κ3) is 5.44. The van der Waals surface area contributed by atoms with Crippen molar-refractivity contribution >= 4 is 23.4 Å². The second-order valence-corrected chi connectivity index (χ2v) is 8.79. The maximum absolute atomic E-state index is 12.5. The minimum Gasteiger partial charge on any atom is -0.340 e. The molecule has 1 amide bonds. The highest BCUT2D eigenvalue weighted by molar-refractivity contribution is 5.77. The lowest BCUT2D eigenvalue weighted by molar-refractivity contribution is -0.133.